The number of hydrogen-bond donors (Lipinski definition) is 1. The summed E-state index contributed by atoms with van der Waals surface area (Å²) in [7, 11) is 1.80. The number of halogens is 2. The fourth-order valence-electron chi connectivity index (χ4n) is 1.98. The van der Waals surface area contributed by atoms with E-state index in [0.29, 0.717) is 5.56 Å². The maximum Gasteiger partial charge on any atom is 0.128 e. The van der Waals surface area contributed by atoms with Crippen LogP contribution in [0.2, 0.25) is 0 Å². The van der Waals surface area contributed by atoms with Crippen LogP contribution in [-0.2, 0) is 0 Å². The van der Waals surface area contributed by atoms with Crippen molar-refractivity contribution in [3.8, 4) is 0 Å². The van der Waals surface area contributed by atoms with Crippen LogP contribution in [0.4, 0.5) is 4.39 Å². The highest BCUT2D eigenvalue weighted by Gasteiger charge is 2.19. The average molecular weight is 309 g/mol. The Hall–Kier alpha value is -1.26. The molecule has 0 aliphatic carbocycles. The van der Waals surface area contributed by atoms with Gasteiger partial charge in [0.25, 0.3) is 0 Å². The van der Waals surface area contributed by atoms with Crippen LogP contribution in [0.5, 0.6) is 0 Å². The van der Waals surface area contributed by atoms with Gasteiger partial charge in [-0.25, -0.2) is 4.39 Å². The van der Waals surface area contributed by atoms with Crippen molar-refractivity contribution in [3.63, 3.8) is 0 Å². The first-order chi connectivity index (χ1) is 8.63. The van der Waals surface area contributed by atoms with Gasteiger partial charge in [-0.1, -0.05) is 22.0 Å². The van der Waals surface area contributed by atoms with Gasteiger partial charge in [-0.05, 0) is 43.8 Å². The number of aryl methyl sites for hydroxylation is 1. The zero-order chi connectivity index (χ0) is 13.1. The van der Waals surface area contributed by atoms with Crippen LogP contribution in [0, 0.1) is 12.7 Å². The Morgan fingerprint density at radius 1 is 1.33 bits per heavy atom. The predicted octanol–water partition coefficient (Wildman–Crippen LogP) is 3.60. The summed E-state index contributed by atoms with van der Waals surface area (Å²) in [5.41, 5.74) is 2.47. The number of rotatable bonds is 3. The third kappa shape index (κ3) is 2.60. The number of nitrogens with one attached hydrogen (secondary N) is 1. The van der Waals surface area contributed by atoms with Crippen molar-refractivity contribution >= 4 is 15.9 Å². The average Bonchev–Trinajstić information content (AvgIpc) is 2.36. The Balaban J connectivity index is 2.52. The van der Waals surface area contributed by atoms with Gasteiger partial charge in [0.05, 0.1) is 11.7 Å². The second kappa shape index (κ2) is 5.59. The maximum absolute atomic E-state index is 13.9. The molecule has 1 N–H and O–H groups in total. The van der Waals surface area contributed by atoms with Crippen molar-refractivity contribution in [2.24, 2.45) is 0 Å². The minimum absolute atomic E-state index is 0.234. The van der Waals surface area contributed by atoms with Crippen LogP contribution in [0.1, 0.15) is 22.9 Å². The van der Waals surface area contributed by atoms with Crippen molar-refractivity contribution in [1.29, 1.82) is 0 Å². The highest BCUT2D eigenvalue weighted by Crippen LogP contribution is 2.27. The molecule has 94 valence electrons. The van der Waals surface area contributed by atoms with Crippen molar-refractivity contribution in [3.05, 3.63) is 63.6 Å². The largest absolute Gasteiger partial charge is 0.308 e. The summed E-state index contributed by atoms with van der Waals surface area (Å²) >= 11 is 3.37. The first kappa shape index (κ1) is 13.2. The lowest BCUT2D eigenvalue weighted by Crippen LogP contribution is -2.21. The number of nitrogens with zero attached hydrogens (tertiary/aromatic N) is 1. The Morgan fingerprint density at radius 3 is 2.78 bits per heavy atom. The molecular formula is C14H14BrFN2. The summed E-state index contributed by atoms with van der Waals surface area (Å²) in [4.78, 5) is 4.35. The van der Waals surface area contributed by atoms with E-state index in [0.717, 1.165) is 15.7 Å². The van der Waals surface area contributed by atoms with Crippen LogP contribution in [0.3, 0.4) is 0 Å². The second-order valence-corrected chi connectivity index (χ2v) is 5.01. The molecule has 0 radical (unpaired) electrons. The van der Waals surface area contributed by atoms with Gasteiger partial charge in [0.15, 0.2) is 0 Å². The lowest BCUT2D eigenvalue weighted by Gasteiger charge is -2.19. The van der Waals surface area contributed by atoms with Crippen LogP contribution < -0.4 is 5.32 Å². The molecule has 4 heteroatoms. The molecule has 1 aromatic heterocycles. The molecule has 2 rings (SSSR count). The third-order valence-corrected chi connectivity index (χ3v) is 3.37. The topological polar surface area (TPSA) is 24.9 Å². The van der Waals surface area contributed by atoms with Gasteiger partial charge in [-0.3, -0.25) is 4.98 Å². The lowest BCUT2D eigenvalue weighted by atomic mass is 9.99. The molecule has 18 heavy (non-hydrogen) atoms. The molecule has 0 spiro atoms. The van der Waals surface area contributed by atoms with E-state index >= 15 is 0 Å². The van der Waals surface area contributed by atoms with Gasteiger partial charge < -0.3 is 5.32 Å². The molecule has 1 heterocycles. The van der Waals surface area contributed by atoms with Gasteiger partial charge in [0.2, 0.25) is 0 Å². The fourth-order valence-corrected chi connectivity index (χ4v) is 2.35. The van der Waals surface area contributed by atoms with Crippen LogP contribution in [0.15, 0.2) is 41.0 Å². The SMILES string of the molecule is CNC(c1cc(Br)ccc1F)c1ncccc1C. The fraction of sp³-hybridized carbons (Fsp3) is 0.214. The number of aromatic nitrogens is 1. The molecule has 0 saturated heterocycles. The van der Waals surface area contributed by atoms with E-state index in [1.165, 1.54) is 6.07 Å². The van der Waals surface area contributed by atoms with E-state index in [-0.39, 0.29) is 11.9 Å². The molecule has 0 aliphatic rings. The molecule has 2 aromatic rings. The van der Waals surface area contributed by atoms with E-state index in [1.807, 2.05) is 19.1 Å². The minimum atomic E-state index is -0.247. The molecule has 0 aliphatic heterocycles. The van der Waals surface area contributed by atoms with Crippen LogP contribution >= 0.6 is 15.9 Å². The zero-order valence-electron chi connectivity index (χ0n) is 10.2. The summed E-state index contributed by atoms with van der Waals surface area (Å²) in [6, 6.07) is 8.54. The molecule has 1 unspecified atom stereocenters. The quantitative estimate of drug-likeness (QED) is 0.937. The van der Waals surface area contributed by atoms with E-state index in [1.54, 1.807) is 25.4 Å². The van der Waals surface area contributed by atoms with Crippen LogP contribution in [0.25, 0.3) is 0 Å². The minimum Gasteiger partial charge on any atom is -0.308 e. The van der Waals surface area contributed by atoms with E-state index in [2.05, 4.69) is 26.2 Å². The normalized spacial score (nSPS) is 12.4. The molecule has 1 aromatic carbocycles. The van der Waals surface area contributed by atoms with Gasteiger partial charge in [0, 0.05) is 16.2 Å². The summed E-state index contributed by atoms with van der Waals surface area (Å²) < 4.78 is 14.8. The van der Waals surface area contributed by atoms with Gasteiger partial charge in [0.1, 0.15) is 5.82 Å². The Bertz CT molecular complexity index is 557. The van der Waals surface area contributed by atoms with Gasteiger partial charge in [-0.2, -0.15) is 0 Å². The zero-order valence-corrected chi connectivity index (χ0v) is 11.8. The predicted molar refractivity (Wildman–Crippen MR) is 74.0 cm³/mol. The summed E-state index contributed by atoms with van der Waals surface area (Å²) in [6.45, 7) is 1.97. The lowest BCUT2D eigenvalue weighted by molar-refractivity contribution is 0.569. The summed E-state index contributed by atoms with van der Waals surface area (Å²) in [5, 5.41) is 3.12. The number of pyridine rings is 1. The molecule has 2 nitrogen and oxygen atoms in total. The highest BCUT2D eigenvalue weighted by molar-refractivity contribution is 9.10. The first-order valence-electron chi connectivity index (χ1n) is 5.67. The summed E-state index contributed by atoms with van der Waals surface area (Å²) in [5.74, 6) is -0.234. The Labute approximate surface area is 114 Å². The molecule has 0 bridgehead atoms. The van der Waals surface area contributed by atoms with Crippen molar-refractivity contribution in [2.45, 2.75) is 13.0 Å². The smallest absolute Gasteiger partial charge is 0.128 e. The van der Waals surface area contributed by atoms with E-state index in [9.17, 15) is 4.39 Å². The van der Waals surface area contributed by atoms with Crippen LogP contribution in [-0.4, -0.2) is 12.0 Å². The molecule has 1 atom stereocenters. The molecule has 0 amide bonds. The third-order valence-electron chi connectivity index (χ3n) is 2.88. The Morgan fingerprint density at radius 2 is 2.11 bits per heavy atom. The molecular weight excluding hydrogens is 295 g/mol. The molecule has 0 saturated carbocycles. The molecule has 0 fully saturated rings. The highest BCUT2D eigenvalue weighted by atomic mass is 79.9. The van der Waals surface area contributed by atoms with Gasteiger partial charge >= 0.3 is 0 Å². The monoisotopic (exact) mass is 308 g/mol. The van der Waals surface area contributed by atoms with E-state index < -0.39 is 0 Å². The standard InChI is InChI=1S/C14H14BrFN2/c1-9-4-3-7-18-13(9)14(17-2)11-8-10(15)5-6-12(11)16/h3-8,14,17H,1-2H3. The van der Waals surface area contributed by atoms with E-state index in [4.69, 9.17) is 0 Å². The van der Waals surface area contributed by atoms with Crippen molar-refractivity contribution in [2.75, 3.05) is 7.05 Å². The van der Waals surface area contributed by atoms with Gasteiger partial charge in [-0.15, -0.1) is 0 Å². The second-order valence-electron chi connectivity index (χ2n) is 4.09. The number of hydrogen-bond acceptors (Lipinski definition) is 2. The van der Waals surface area contributed by atoms with Crippen molar-refractivity contribution < 1.29 is 4.39 Å². The van der Waals surface area contributed by atoms with Crippen molar-refractivity contribution in [1.82, 2.24) is 10.3 Å². The number of benzene rings is 1. The summed E-state index contributed by atoms with van der Waals surface area (Å²) in [6.07, 6.45) is 1.72. The maximum atomic E-state index is 13.9. The Kier molecular flexibility index (Phi) is 4.09. The first-order valence-corrected chi connectivity index (χ1v) is 6.46.